The molecule has 2 N–H and O–H groups in total. The Morgan fingerprint density at radius 3 is 2.11 bits per heavy atom. The van der Waals surface area contributed by atoms with Gasteiger partial charge in [-0.1, -0.05) is 6.92 Å². The number of aliphatic imine (C=N–C) groups is 1. The van der Waals surface area contributed by atoms with E-state index in [2.05, 4.69) is 4.99 Å². The fraction of sp³-hybridized carbons (Fsp3) is 0.909. The van der Waals surface area contributed by atoms with Gasteiger partial charge in [-0.15, -0.1) is 0 Å². The summed E-state index contributed by atoms with van der Waals surface area (Å²) in [5.74, 6) is 0.530. The molecular formula is C11H26N4O2S. The van der Waals surface area contributed by atoms with Gasteiger partial charge < -0.3 is 10.6 Å². The lowest BCUT2D eigenvalue weighted by Gasteiger charge is -2.20. The topological polar surface area (TPSA) is 79.0 Å². The molecule has 0 unspecified atom stereocenters. The fourth-order valence-corrected chi connectivity index (χ4v) is 2.58. The van der Waals surface area contributed by atoms with Crippen LogP contribution in [-0.4, -0.2) is 62.6 Å². The van der Waals surface area contributed by atoms with E-state index >= 15 is 0 Å². The van der Waals surface area contributed by atoms with Crippen LogP contribution in [0.15, 0.2) is 4.99 Å². The highest BCUT2D eigenvalue weighted by atomic mass is 32.2. The maximum atomic E-state index is 11.3. The first-order valence-electron chi connectivity index (χ1n) is 6.36. The Hall–Kier alpha value is -0.820. The Balaban J connectivity index is 4.16. The molecule has 0 bridgehead atoms. The quantitative estimate of drug-likeness (QED) is 0.394. The van der Waals surface area contributed by atoms with Crippen LogP contribution in [0.5, 0.6) is 0 Å². The molecule has 108 valence electrons. The molecule has 0 saturated carbocycles. The smallest absolute Gasteiger partial charge is 0.211 e. The van der Waals surface area contributed by atoms with Gasteiger partial charge in [0.05, 0.1) is 6.26 Å². The monoisotopic (exact) mass is 278 g/mol. The van der Waals surface area contributed by atoms with Crippen molar-refractivity contribution in [1.82, 2.24) is 9.21 Å². The summed E-state index contributed by atoms with van der Waals surface area (Å²) < 4.78 is 24.1. The van der Waals surface area contributed by atoms with Crippen molar-refractivity contribution in [2.75, 3.05) is 39.0 Å². The van der Waals surface area contributed by atoms with Crippen LogP contribution < -0.4 is 5.73 Å². The second-order valence-corrected chi connectivity index (χ2v) is 6.00. The van der Waals surface area contributed by atoms with Crippen molar-refractivity contribution in [3.63, 3.8) is 0 Å². The maximum absolute atomic E-state index is 11.3. The number of hydrogen-bond donors (Lipinski definition) is 1. The summed E-state index contributed by atoms with van der Waals surface area (Å²) >= 11 is 0. The molecule has 0 aliphatic rings. The van der Waals surface area contributed by atoms with Gasteiger partial charge >= 0.3 is 0 Å². The Bertz CT molecular complexity index is 350. The van der Waals surface area contributed by atoms with Crippen molar-refractivity contribution < 1.29 is 8.42 Å². The Kier molecular flexibility index (Phi) is 7.93. The van der Waals surface area contributed by atoms with Crippen molar-refractivity contribution >= 4 is 16.0 Å². The van der Waals surface area contributed by atoms with E-state index in [9.17, 15) is 8.42 Å². The van der Waals surface area contributed by atoms with E-state index in [1.807, 2.05) is 25.7 Å². The van der Waals surface area contributed by atoms with Crippen LogP contribution in [-0.2, 0) is 10.0 Å². The highest BCUT2D eigenvalue weighted by Crippen LogP contribution is 1.99. The molecule has 0 saturated heterocycles. The van der Waals surface area contributed by atoms with Gasteiger partial charge in [0.2, 0.25) is 10.0 Å². The summed E-state index contributed by atoms with van der Waals surface area (Å²) in [6.45, 7) is 9.07. The standard InChI is InChI=1S/C11H26N4O2S/c1-5-14(6-2)11(12)13-9-8-10-15(7-3)18(4,16)17/h5-10H2,1-4H3,(H2,12,13). The largest absolute Gasteiger partial charge is 0.370 e. The number of rotatable bonds is 8. The zero-order valence-electron chi connectivity index (χ0n) is 11.9. The van der Waals surface area contributed by atoms with Gasteiger partial charge in [0.1, 0.15) is 0 Å². The van der Waals surface area contributed by atoms with E-state index in [-0.39, 0.29) is 0 Å². The maximum Gasteiger partial charge on any atom is 0.211 e. The molecule has 6 nitrogen and oxygen atoms in total. The van der Waals surface area contributed by atoms with Gasteiger partial charge in [0, 0.05) is 32.7 Å². The lowest BCUT2D eigenvalue weighted by molar-refractivity contribution is 0.425. The van der Waals surface area contributed by atoms with Gasteiger partial charge in [-0.2, -0.15) is 0 Å². The zero-order valence-corrected chi connectivity index (χ0v) is 12.7. The fourth-order valence-electron chi connectivity index (χ4n) is 1.65. The van der Waals surface area contributed by atoms with Crippen molar-refractivity contribution in [2.45, 2.75) is 27.2 Å². The van der Waals surface area contributed by atoms with Crippen LogP contribution in [0.25, 0.3) is 0 Å². The lowest BCUT2D eigenvalue weighted by Crippen LogP contribution is -2.37. The van der Waals surface area contributed by atoms with Crippen molar-refractivity contribution in [1.29, 1.82) is 0 Å². The van der Waals surface area contributed by atoms with Crippen LogP contribution in [0.2, 0.25) is 0 Å². The molecule has 0 atom stereocenters. The van der Waals surface area contributed by atoms with Crippen molar-refractivity contribution in [3.05, 3.63) is 0 Å². The van der Waals surface area contributed by atoms with Gasteiger partial charge in [0.25, 0.3) is 0 Å². The summed E-state index contributed by atoms with van der Waals surface area (Å²) in [5.41, 5.74) is 5.82. The number of hydrogen-bond acceptors (Lipinski definition) is 3. The van der Waals surface area contributed by atoms with Gasteiger partial charge in [0.15, 0.2) is 5.96 Å². The SMILES string of the molecule is CCN(CC)C(N)=NCCCN(CC)S(C)(=O)=O. The number of sulfonamides is 1. The predicted octanol–water partition coefficient (Wildman–Crippen LogP) is 0.315. The third-order valence-electron chi connectivity index (χ3n) is 2.75. The van der Waals surface area contributed by atoms with E-state index in [1.165, 1.54) is 10.6 Å². The average molecular weight is 278 g/mol. The summed E-state index contributed by atoms with van der Waals surface area (Å²) in [6.07, 6.45) is 1.91. The highest BCUT2D eigenvalue weighted by molar-refractivity contribution is 7.88. The Morgan fingerprint density at radius 2 is 1.72 bits per heavy atom. The number of nitrogens with zero attached hydrogens (tertiary/aromatic N) is 3. The molecule has 7 heteroatoms. The normalized spacial score (nSPS) is 13.1. The number of nitrogens with two attached hydrogens (primary N) is 1. The summed E-state index contributed by atoms with van der Waals surface area (Å²) in [5, 5.41) is 0. The lowest BCUT2D eigenvalue weighted by atomic mass is 10.4. The Labute approximate surface area is 111 Å². The van der Waals surface area contributed by atoms with E-state index < -0.39 is 10.0 Å². The molecule has 0 aromatic rings. The van der Waals surface area contributed by atoms with Crippen LogP contribution in [0.3, 0.4) is 0 Å². The van der Waals surface area contributed by atoms with Gasteiger partial charge in [-0.05, 0) is 20.3 Å². The van der Waals surface area contributed by atoms with Crippen molar-refractivity contribution in [3.8, 4) is 0 Å². The summed E-state index contributed by atoms with van der Waals surface area (Å²) in [4.78, 5) is 6.22. The molecule has 0 aliphatic carbocycles. The van der Waals surface area contributed by atoms with Crippen LogP contribution in [0, 0.1) is 0 Å². The van der Waals surface area contributed by atoms with Gasteiger partial charge in [-0.3, -0.25) is 4.99 Å². The molecule has 0 aliphatic heterocycles. The minimum atomic E-state index is -3.10. The van der Waals surface area contributed by atoms with Gasteiger partial charge in [-0.25, -0.2) is 12.7 Å². The second-order valence-electron chi connectivity index (χ2n) is 4.02. The highest BCUT2D eigenvalue weighted by Gasteiger charge is 2.13. The Morgan fingerprint density at radius 1 is 1.17 bits per heavy atom. The number of guanidine groups is 1. The van der Waals surface area contributed by atoms with Crippen molar-refractivity contribution in [2.24, 2.45) is 10.7 Å². The molecule has 0 aromatic carbocycles. The molecule has 0 heterocycles. The molecule has 0 rings (SSSR count). The van der Waals surface area contributed by atoms with E-state index in [1.54, 1.807) is 0 Å². The molecule has 0 aromatic heterocycles. The van der Waals surface area contributed by atoms with Crippen LogP contribution in [0.1, 0.15) is 27.2 Å². The summed E-state index contributed by atoms with van der Waals surface area (Å²) in [6, 6.07) is 0. The third kappa shape index (κ3) is 6.20. The predicted molar refractivity (Wildman–Crippen MR) is 76.1 cm³/mol. The first-order valence-corrected chi connectivity index (χ1v) is 8.21. The van der Waals surface area contributed by atoms with Crippen LogP contribution in [0.4, 0.5) is 0 Å². The molecule has 18 heavy (non-hydrogen) atoms. The molecule has 0 amide bonds. The van der Waals surface area contributed by atoms with E-state index in [4.69, 9.17) is 5.73 Å². The first-order chi connectivity index (χ1) is 8.36. The van der Waals surface area contributed by atoms with Crippen LogP contribution >= 0.6 is 0 Å². The molecule has 0 spiro atoms. The third-order valence-corrected chi connectivity index (χ3v) is 4.13. The minimum Gasteiger partial charge on any atom is -0.370 e. The zero-order chi connectivity index (χ0) is 14.2. The average Bonchev–Trinajstić information content (AvgIpc) is 2.28. The first kappa shape index (κ1) is 17.2. The molecular weight excluding hydrogens is 252 g/mol. The van der Waals surface area contributed by atoms with E-state index in [0.29, 0.717) is 32.0 Å². The molecule has 0 fully saturated rings. The summed E-state index contributed by atoms with van der Waals surface area (Å²) in [7, 11) is -3.10. The minimum absolute atomic E-state index is 0.490. The second kappa shape index (κ2) is 8.31. The molecule has 0 radical (unpaired) electrons. The van der Waals surface area contributed by atoms with E-state index in [0.717, 1.165) is 13.1 Å².